The lowest BCUT2D eigenvalue weighted by Gasteiger charge is -2.06. The number of carbonyl (C=O) groups excluding carboxylic acids is 1. The number of esters is 1. The first kappa shape index (κ1) is 13.9. The van der Waals surface area contributed by atoms with E-state index in [-0.39, 0.29) is 12.3 Å². The molecule has 110 valence electrons. The number of ether oxygens (including phenoxy) is 1. The number of aromatic nitrogens is 2. The van der Waals surface area contributed by atoms with Crippen molar-refractivity contribution in [3.05, 3.63) is 52.1 Å². The first-order valence-electron chi connectivity index (χ1n) is 6.62. The van der Waals surface area contributed by atoms with E-state index in [1.54, 1.807) is 25.1 Å². The molecule has 0 amide bonds. The number of benzene rings is 2. The molecule has 7 heteroatoms. The monoisotopic (exact) mass is 297 g/mol. The fourth-order valence-electron chi connectivity index (χ4n) is 2.17. The average molecular weight is 297 g/mol. The number of hydrogen-bond acceptors (Lipinski definition) is 6. The minimum atomic E-state index is -0.486. The molecule has 1 heterocycles. The normalized spacial score (nSPS) is 10.8. The molecule has 0 aliphatic rings. The van der Waals surface area contributed by atoms with E-state index in [2.05, 4.69) is 9.97 Å². The van der Waals surface area contributed by atoms with E-state index in [1.807, 2.05) is 0 Å². The maximum absolute atomic E-state index is 12.0. The summed E-state index contributed by atoms with van der Waals surface area (Å²) in [5.41, 5.74) is 2.06. The molecule has 0 radical (unpaired) electrons. The van der Waals surface area contributed by atoms with E-state index < -0.39 is 10.9 Å². The van der Waals surface area contributed by atoms with Crippen LogP contribution in [0.3, 0.4) is 0 Å². The van der Waals surface area contributed by atoms with Crippen molar-refractivity contribution in [2.45, 2.75) is 6.92 Å². The van der Waals surface area contributed by atoms with Crippen molar-refractivity contribution >= 4 is 33.7 Å². The standard InChI is InChI=1S/C15H11N3O4/c1-2-22-15(19)10-4-3-5-12-14(10)17-11-7-6-9(18(20)21)8-13(11)16-12/h3-8H,2H2,1H3. The molecule has 0 aliphatic carbocycles. The van der Waals surface area contributed by atoms with Gasteiger partial charge in [-0.25, -0.2) is 14.8 Å². The summed E-state index contributed by atoms with van der Waals surface area (Å²) in [5.74, 6) is -0.469. The number of hydrogen-bond donors (Lipinski definition) is 0. The van der Waals surface area contributed by atoms with Gasteiger partial charge in [-0.2, -0.15) is 0 Å². The highest BCUT2D eigenvalue weighted by atomic mass is 16.6. The van der Waals surface area contributed by atoms with E-state index in [1.165, 1.54) is 18.2 Å². The SMILES string of the molecule is CCOC(=O)c1cccc2nc3cc([N+](=O)[O-])ccc3nc12. The number of carbonyl (C=O) groups is 1. The van der Waals surface area contributed by atoms with Crippen molar-refractivity contribution in [2.75, 3.05) is 6.61 Å². The molecule has 0 saturated heterocycles. The summed E-state index contributed by atoms with van der Waals surface area (Å²) in [5, 5.41) is 10.8. The predicted molar refractivity (Wildman–Crippen MR) is 79.7 cm³/mol. The second-order valence-corrected chi connectivity index (χ2v) is 4.55. The minimum Gasteiger partial charge on any atom is -0.462 e. The van der Waals surface area contributed by atoms with E-state index in [4.69, 9.17) is 4.74 Å². The van der Waals surface area contributed by atoms with Crippen LogP contribution in [0.4, 0.5) is 5.69 Å². The summed E-state index contributed by atoms with van der Waals surface area (Å²) in [6.45, 7) is 1.99. The Kier molecular flexibility index (Phi) is 3.38. The average Bonchev–Trinajstić information content (AvgIpc) is 2.51. The summed E-state index contributed by atoms with van der Waals surface area (Å²) in [7, 11) is 0. The van der Waals surface area contributed by atoms with Crippen LogP contribution in [0.15, 0.2) is 36.4 Å². The van der Waals surface area contributed by atoms with E-state index in [0.717, 1.165) is 0 Å². The number of para-hydroxylation sites is 1. The Morgan fingerprint density at radius 2 is 2.00 bits per heavy atom. The van der Waals surface area contributed by atoms with Crippen molar-refractivity contribution in [3.8, 4) is 0 Å². The highest BCUT2D eigenvalue weighted by Gasteiger charge is 2.15. The van der Waals surface area contributed by atoms with Crippen LogP contribution in [0.5, 0.6) is 0 Å². The van der Waals surface area contributed by atoms with Gasteiger partial charge in [-0.05, 0) is 25.1 Å². The summed E-state index contributed by atoms with van der Waals surface area (Å²) >= 11 is 0. The molecule has 2 aromatic carbocycles. The third kappa shape index (κ3) is 2.32. The Morgan fingerprint density at radius 1 is 1.18 bits per heavy atom. The number of nitro benzene ring substituents is 1. The summed E-state index contributed by atoms with van der Waals surface area (Å²) < 4.78 is 5.00. The maximum atomic E-state index is 12.0. The molecule has 0 saturated carbocycles. The number of fused-ring (bicyclic) bond motifs is 2. The Labute approximate surface area is 124 Å². The number of rotatable bonds is 3. The van der Waals surface area contributed by atoms with E-state index >= 15 is 0 Å². The van der Waals surface area contributed by atoms with Gasteiger partial charge in [0.05, 0.1) is 33.6 Å². The van der Waals surface area contributed by atoms with Gasteiger partial charge in [-0.3, -0.25) is 10.1 Å². The largest absolute Gasteiger partial charge is 0.462 e. The number of non-ortho nitro benzene ring substituents is 1. The highest BCUT2D eigenvalue weighted by molar-refractivity contribution is 6.03. The highest BCUT2D eigenvalue weighted by Crippen LogP contribution is 2.23. The smallest absolute Gasteiger partial charge is 0.340 e. The molecule has 1 aromatic heterocycles. The van der Waals surface area contributed by atoms with Crippen LogP contribution in [0.25, 0.3) is 22.1 Å². The molecule has 0 aliphatic heterocycles. The molecular weight excluding hydrogens is 286 g/mol. The zero-order valence-corrected chi connectivity index (χ0v) is 11.6. The van der Waals surface area contributed by atoms with Crippen LogP contribution in [0.1, 0.15) is 17.3 Å². The van der Waals surface area contributed by atoms with Crippen LogP contribution in [0, 0.1) is 10.1 Å². The Hall–Kier alpha value is -3.09. The van der Waals surface area contributed by atoms with Crippen LogP contribution < -0.4 is 0 Å². The topological polar surface area (TPSA) is 95.2 Å². The fraction of sp³-hybridized carbons (Fsp3) is 0.133. The fourth-order valence-corrected chi connectivity index (χ4v) is 2.17. The van der Waals surface area contributed by atoms with Gasteiger partial charge in [0.15, 0.2) is 0 Å². The van der Waals surface area contributed by atoms with Crippen molar-refractivity contribution < 1.29 is 14.5 Å². The zero-order chi connectivity index (χ0) is 15.7. The second-order valence-electron chi connectivity index (χ2n) is 4.55. The first-order valence-corrected chi connectivity index (χ1v) is 6.62. The molecule has 3 rings (SSSR count). The molecule has 0 unspecified atom stereocenters. The first-order chi connectivity index (χ1) is 10.6. The Balaban J connectivity index is 2.24. The van der Waals surface area contributed by atoms with Crippen molar-refractivity contribution in [1.82, 2.24) is 9.97 Å². The lowest BCUT2D eigenvalue weighted by Crippen LogP contribution is -2.06. The molecule has 3 aromatic rings. The van der Waals surface area contributed by atoms with Gasteiger partial charge in [0.25, 0.3) is 5.69 Å². The van der Waals surface area contributed by atoms with E-state index in [0.29, 0.717) is 27.6 Å². The molecular formula is C15H11N3O4. The third-order valence-electron chi connectivity index (χ3n) is 3.15. The molecule has 0 fully saturated rings. The molecule has 7 nitrogen and oxygen atoms in total. The molecule has 22 heavy (non-hydrogen) atoms. The van der Waals surface area contributed by atoms with Gasteiger partial charge in [0.1, 0.15) is 5.52 Å². The van der Waals surface area contributed by atoms with Gasteiger partial charge in [0, 0.05) is 12.1 Å². The van der Waals surface area contributed by atoms with Crippen molar-refractivity contribution in [1.29, 1.82) is 0 Å². The molecule has 0 N–H and O–H groups in total. The quantitative estimate of drug-likeness (QED) is 0.319. The van der Waals surface area contributed by atoms with E-state index in [9.17, 15) is 14.9 Å². The Bertz CT molecular complexity index is 908. The molecule has 0 bridgehead atoms. The van der Waals surface area contributed by atoms with Crippen LogP contribution in [-0.2, 0) is 4.74 Å². The van der Waals surface area contributed by atoms with Gasteiger partial charge < -0.3 is 4.74 Å². The summed E-state index contributed by atoms with van der Waals surface area (Å²) in [6, 6.07) is 9.22. The second kappa shape index (κ2) is 5.36. The minimum absolute atomic E-state index is 0.0531. The lowest BCUT2D eigenvalue weighted by molar-refractivity contribution is -0.384. The predicted octanol–water partition coefficient (Wildman–Crippen LogP) is 2.87. The number of nitrogens with zero attached hydrogens (tertiary/aromatic N) is 3. The maximum Gasteiger partial charge on any atom is 0.340 e. The van der Waals surface area contributed by atoms with Gasteiger partial charge in [-0.15, -0.1) is 0 Å². The van der Waals surface area contributed by atoms with Crippen LogP contribution in [0.2, 0.25) is 0 Å². The molecule has 0 atom stereocenters. The third-order valence-corrected chi connectivity index (χ3v) is 3.15. The van der Waals surface area contributed by atoms with Gasteiger partial charge in [0.2, 0.25) is 0 Å². The lowest BCUT2D eigenvalue weighted by atomic mass is 10.1. The van der Waals surface area contributed by atoms with Crippen LogP contribution >= 0.6 is 0 Å². The summed E-state index contributed by atoms with van der Waals surface area (Å²) in [6.07, 6.45) is 0. The zero-order valence-electron chi connectivity index (χ0n) is 11.6. The molecule has 0 spiro atoms. The van der Waals surface area contributed by atoms with Crippen molar-refractivity contribution in [2.24, 2.45) is 0 Å². The number of nitro groups is 1. The van der Waals surface area contributed by atoms with Gasteiger partial charge >= 0.3 is 5.97 Å². The van der Waals surface area contributed by atoms with Gasteiger partial charge in [-0.1, -0.05) is 6.07 Å². The van der Waals surface area contributed by atoms with Crippen molar-refractivity contribution in [3.63, 3.8) is 0 Å². The summed E-state index contributed by atoms with van der Waals surface area (Å²) in [4.78, 5) is 31.0. The Morgan fingerprint density at radius 3 is 2.73 bits per heavy atom. The van der Waals surface area contributed by atoms with Crippen LogP contribution in [-0.4, -0.2) is 27.5 Å².